The number of nitroso groups, excluding NO2 is 1. The van der Waals surface area contributed by atoms with E-state index >= 15 is 0 Å². The van der Waals surface area contributed by atoms with Crippen LogP contribution < -0.4 is 0 Å². The maximum atomic E-state index is 10.4. The van der Waals surface area contributed by atoms with E-state index in [1.807, 2.05) is 0 Å². The number of nitrogens with zero attached hydrogens (tertiary/aromatic N) is 1. The summed E-state index contributed by atoms with van der Waals surface area (Å²) in [5.74, 6) is 1.72. The molecule has 2 aliphatic carbocycles. The van der Waals surface area contributed by atoms with Gasteiger partial charge < -0.3 is 5.11 Å². The molecule has 0 aromatic carbocycles. The molecule has 0 saturated heterocycles. The number of hydrogen-bond donors (Lipinski definition) is 1. The van der Waals surface area contributed by atoms with E-state index in [0.29, 0.717) is 17.8 Å². The van der Waals surface area contributed by atoms with E-state index in [1.165, 1.54) is 0 Å². The van der Waals surface area contributed by atoms with Crippen molar-refractivity contribution in [1.82, 2.24) is 0 Å². The molecule has 1 N–H and O–H groups in total. The van der Waals surface area contributed by atoms with Crippen molar-refractivity contribution < 1.29 is 5.11 Å². The third-order valence-corrected chi connectivity index (χ3v) is 4.71. The quantitative estimate of drug-likeness (QED) is 0.614. The summed E-state index contributed by atoms with van der Waals surface area (Å²) in [6.07, 6.45) is 11.9. The molecule has 2 aliphatic rings. The highest BCUT2D eigenvalue weighted by Gasteiger charge is 2.25. The molecular weight excluding hydrogens is 226 g/mol. The minimum Gasteiger partial charge on any atom is -0.393 e. The average Bonchev–Trinajstić information content (AvgIpc) is 2.41. The van der Waals surface area contributed by atoms with Crippen molar-refractivity contribution in [3.05, 3.63) is 17.1 Å². The SMILES string of the molecule is CC1CC(/C=C/C2CCC(N=O)CC2)CCC1O. The van der Waals surface area contributed by atoms with Gasteiger partial charge in [0.25, 0.3) is 0 Å². The Morgan fingerprint density at radius 2 is 1.61 bits per heavy atom. The zero-order valence-electron chi connectivity index (χ0n) is 11.3. The lowest BCUT2D eigenvalue weighted by atomic mass is 9.79. The molecule has 0 heterocycles. The van der Waals surface area contributed by atoms with Gasteiger partial charge in [0.15, 0.2) is 0 Å². The second-order valence-electron chi connectivity index (χ2n) is 6.18. The van der Waals surface area contributed by atoms with Crippen LogP contribution in [0.15, 0.2) is 17.3 Å². The maximum Gasteiger partial charge on any atom is 0.0920 e. The molecule has 0 bridgehead atoms. The van der Waals surface area contributed by atoms with E-state index in [-0.39, 0.29) is 12.1 Å². The van der Waals surface area contributed by atoms with Gasteiger partial charge in [0.05, 0.1) is 12.1 Å². The fraction of sp³-hybridized carbons (Fsp3) is 0.867. The fourth-order valence-electron chi connectivity index (χ4n) is 3.31. The van der Waals surface area contributed by atoms with Crippen LogP contribution in [-0.4, -0.2) is 17.3 Å². The minimum absolute atomic E-state index is 0.0690. The van der Waals surface area contributed by atoms with Gasteiger partial charge in [-0.3, -0.25) is 0 Å². The smallest absolute Gasteiger partial charge is 0.0920 e. The molecular formula is C15H25NO2. The summed E-state index contributed by atoms with van der Waals surface area (Å²) in [5.41, 5.74) is 0. The Hall–Kier alpha value is -0.700. The van der Waals surface area contributed by atoms with Crippen LogP contribution in [0.5, 0.6) is 0 Å². The molecule has 0 amide bonds. The lowest BCUT2D eigenvalue weighted by Gasteiger charge is -2.30. The molecule has 0 aromatic heterocycles. The zero-order chi connectivity index (χ0) is 13.0. The lowest BCUT2D eigenvalue weighted by molar-refractivity contribution is 0.0661. The molecule has 0 spiro atoms. The van der Waals surface area contributed by atoms with Crippen molar-refractivity contribution in [1.29, 1.82) is 0 Å². The van der Waals surface area contributed by atoms with Gasteiger partial charge in [0.2, 0.25) is 0 Å². The first-order valence-electron chi connectivity index (χ1n) is 7.38. The fourth-order valence-corrected chi connectivity index (χ4v) is 3.31. The van der Waals surface area contributed by atoms with E-state index < -0.39 is 0 Å². The summed E-state index contributed by atoms with van der Waals surface area (Å²) in [6.45, 7) is 2.14. The van der Waals surface area contributed by atoms with Crippen LogP contribution in [-0.2, 0) is 0 Å². The molecule has 18 heavy (non-hydrogen) atoms. The Bertz CT molecular complexity index is 295. The van der Waals surface area contributed by atoms with E-state index in [1.54, 1.807) is 0 Å². The summed E-state index contributed by atoms with van der Waals surface area (Å²) >= 11 is 0. The van der Waals surface area contributed by atoms with Crippen LogP contribution in [0.4, 0.5) is 0 Å². The first-order valence-corrected chi connectivity index (χ1v) is 7.38. The van der Waals surface area contributed by atoms with Gasteiger partial charge in [-0.25, -0.2) is 0 Å². The van der Waals surface area contributed by atoms with Crippen LogP contribution >= 0.6 is 0 Å². The van der Waals surface area contributed by atoms with E-state index in [9.17, 15) is 10.0 Å². The molecule has 2 rings (SSSR count). The Kier molecular flexibility index (Phi) is 4.93. The molecule has 102 valence electrons. The van der Waals surface area contributed by atoms with E-state index in [2.05, 4.69) is 24.3 Å². The largest absolute Gasteiger partial charge is 0.393 e. The molecule has 0 radical (unpaired) electrons. The molecule has 2 fully saturated rings. The predicted octanol–water partition coefficient (Wildman–Crippen LogP) is 3.66. The van der Waals surface area contributed by atoms with Crippen molar-refractivity contribution in [2.24, 2.45) is 22.9 Å². The zero-order valence-corrected chi connectivity index (χ0v) is 11.3. The number of aliphatic hydroxyl groups is 1. The van der Waals surface area contributed by atoms with Gasteiger partial charge in [0.1, 0.15) is 0 Å². The summed E-state index contributed by atoms with van der Waals surface area (Å²) < 4.78 is 0. The highest BCUT2D eigenvalue weighted by Crippen LogP contribution is 2.32. The first-order chi connectivity index (χ1) is 8.69. The second-order valence-corrected chi connectivity index (χ2v) is 6.18. The Labute approximate surface area is 110 Å². The van der Waals surface area contributed by atoms with Crippen molar-refractivity contribution in [2.75, 3.05) is 0 Å². The van der Waals surface area contributed by atoms with Crippen molar-refractivity contribution >= 4 is 0 Å². The molecule has 3 atom stereocenters. The number of aliphatic hydroxyl groups excluding tert-OH is 1. The number of hydrogen-bond acceptors (Lipinski definition) is 3. The molecule has 3 heteroatoms. The highest BCUT2D eigenvalue weighted by atomic mass is 16.3. The van der Waals surface area contributed by atoms with Gasteiger partial charge >= 0.3 is 0 Å². The molecule has 3 nitrogen and oxygen atoms in total. The van der Waals surface area contributed by atoms with Crippen LogP contribution in [0, 0.1) is 22.7 Å². The first kappa shape index (κ1) is 13.7. The van der Waals surface area contributed by atoms with Gasteiger partial charge in [0, 0.05) is 0 Å². The molecule has 2 saturated carbocycles. The minimum atomic E-state index is -0.0937. The number of allylic oxidation sites excluding steroid dienone is 2. The third kappa shape index (κ3) is 3.64. The third-order valence-electron chi connectivity index (χ3n) is 4.71. The van der Waals surface area contributed by atoms with Crippen LogP contribution in [0.3, 0.4) is 0 Å². The standard InChI is InChI=1S/C15H25NO2/c1-11-10-13(6-9-15(11)17)3-2-12-4-7-14(16-18)8-5-12/h2-3,11-15,17H,4-10H2,1H3/b3-2+. The summed E-state index contributed by atoms with van der Waals surface area (Å²) in [7, 11) is 0. The van der Waals surface area contributed by atoms with Crippen molar-refractivity contribution in [2.45, 2.75) is 64.0 Å². The Morgan fingerprint density at radius 3 is 2.22 bits per heavy atom. The summed E-state index contributed by atoms with van der Waals surface area (Å²) in [6, 6.07) is 0.0690. The van der Waals surface area contributed by atoms with Gasteiger partial charge in [-0.15, -0.1) is 0 Å². The molecule has 0 aromatic rings. The number of rotatable bonds is 3. The molecule has 3 unspecified atom stereocenters. The summed E-state index contributed by atoms with van der Waals surface area (Å²) in [4.78, 5) is 10.4. The average molecular weight is 251 g/mol. The Morgan fingerprint density at radius 1 is 1.00 bits per heavy atom. The molecule has 0 aliphatic heterocycles. The van der Waals surface area contributed by atoms with Crippen molar-refractivity contribution in [3.8, 4) is 0 Å². The maximum absolute atomic E-state index is 10.4. The van der Waals surface area contributed by atoms with Gasteiger partial charge in [-0.1, -0.05) is 24.3 Å². The highest BCUT2D eigenvalue weighted by molar-refractivity contribution is 4.97. The van der Waals surface area contributed by atoms with E-state index in [0.717, 1.165) is 44.9 Å². The topological polar surface area (TPSA) is 49.7 Å². The Balaban J connectivity index is 1.76. The second kappa shape index (κ2) is 6.46. The van der Waals surface area contributed by atoms with E-state index in [4.69, 9.17) is 0 Å². The van der Waals surface area contributed by atoms with Crippen LogP contribution in [0.1, 0.15) is 51.9 Å². The summed E-state index contributed by atoms with van der Waals surface area (Å²) in [5, 5.41) is 12.9. The van der Waals surface area contributed by atoms with Gasteiger partial charge in [-0.2, -0.15) is 4.91 Å². The van der Waals surface area contributed by atoms with Gasteiger partial charge in [-0.05, 0) is 62.7 Å². The monoisotopic (exact) mass is 251 g/mol. The van der Waals surface area contributed by atoms with Crippen LogP contribution in [0.2, 0.25) is 0 Å². The van der Waals surface area contributed by atoms with Crippen molar-refractivity contribution in [3.63, 3.8) is 0 Å². The predicted molar refractivity (Wildman–Crippen MR) is 73.2 cm³/mol. The lowest BCUT2D eigenvalue weighted by Crippen LogP contribution is -2.26. The normalized spacial score (nSPS) is 42.0. The van der Waals surface area contributed by atoms with Crippen LogP contribution in [0.25, 0.3) is 0 Å².